The molecule has 18 heavy (non-hydrogen) atoms. The van der Waals surface area contributed by atoms with Gasteiger partial charge in [-0.25, -0.2) is 0 Å². The Bertz CT molecular complexity index is 603. The third kappa shape index (κ3) is 2.11. The van der Waals surface area contributed by atoms with Gasteiger partial charge >= 0.3 is 0 Å². The predicted molar refractivity (Wildman–Crippen MR) is 70.6 cm³/mol. The number of phenols is 1. The molecule has 0 spiro atoms. The molecule has 2 aromatic rings. The third-order valence-corrected chi connectivity index (χ3v) is 3.39. The summed E-state index contributed by atoms with van der Waals surface area (Å²) in [6, 6.07) is 4.67. The Morgan fingerprint density at radius 3 is 2.67 bits per heavy atom. The van der Waals surface area contributed by atoms with Crippen LogP contribution in [0.25, 0.3) is 11.3 Å². The number of furan rings is 1. The molecule has 0 aliphatic rings. The maximum absolute atomic E-state index is 10.6. The molecule has 0 bridgehead atoms. The molecule has 0 unspecified atom stereocenters. The highest BCUT2D eigenvalue weighted by Gasteiger charge is 2.17. The fourth-order valence-electron chi connectivity index (χ4n) is 1.72. The average molecular weight is 285 g/mol. The first-order valence-corrected chi connectivity index (χ1v) is 6.09. The van der Waals surface area contributed by atoms with Gasteiger partial charge in [0.2, 0.25) is 0 Å². The summed E-state index contributed by atoms with van der Waals surface area (Å²) < 4.78 is 5.24. The zero-order valence-corrected chi connectivity index (χ0v) is 11.0. The molecule has 1 aromatic carbocycles. The largest absolute Gasteiger partial charge is 0.506 e. The maximum atomic E-state index is 10.6. The van der Waals surface area contributed by atoms with Crippen LogP contribution >= 0.6 is 23.2 Å². The molecule has 0 saturated carbocycles. The quantitative estimate of drug-likeness (QED) is 0.854. The zero-order valence-electron chi connectivity index (χ0n) is 9.54. The average Bonchev–Trinajstić information content (AvgIpc) is 2.83. The van der Waals surface area contributed by atoms with E-state index in [0.717, 1.165) is 0 Å². The van der Waals surface area contributed by atoms with Gasteiger partial charge in [0, 0.05) is 5.02 Å². The van der Waals surface area contributed by atoms with Crippen LogP contribution in [-0.4, -0.2) is 11.4 Å². The standard InChI is InChI=1S/C13H10Cl2O3/c1-2-8-10(14)5-9(13(17)12(8)15)11-4-3-7(6-16)18-11/h3-6,17H,2H2,1H3. The van der Waals surface area contributed by atoms with Crippen LogP contribution in [-0.2, 0) is 6.42 Å². The second kappa shape index (κ2) is 5.04. The normalized spacial score (nSPS) is 10.6. The fraction of sp³-hybridized carbons (Fsp3) is 0.154. The zero-order chi connectivity index (χ0) is 13.3. The van der Waals surface area contributed by atoms with Crippen LogP contribution in [0, 0.1) is 0 Å². The van der Waals surface area contributed by atoms with Crippen molar-refractivity contribution < 1.29 is 14.3 Å². The summed E-state index contributed by atoms with van der Waals surface area (Å²) in [6.07, 6.45) is 1.20. The third-order valence-electron chi connectivity index (χ3n) is 2.65. The molecule has 0 aliphatic carbocycles. The molecule has 0 saturated heterocycles. The molecule has 0 amide bonds. The molecule has 1 N–H and O–H groups in total. The van der Waals surface area contributed by atoms with E-state index in [2.05, 4.69) is 0 Å². The highest BCUT2D eigenvalue weighted by molar-refractivity contribution is 6.37. The molecule has 1 aromatic heterocycles. The van der Waals surface area contributed by atoms with Gasteiger partial charge in [0.1, 0.15) is 11.5 Å². The van der Waals surface area contributed by atoms with Crippen LogP contribution in [0.1, 0.15) is 23.0 Å². The van der Waals surface area contributed by atoms with E-state index in [0.29, 0.717) is 34.6 Å². The van der Waals surface area contributed by atoms with Crippen molar-refractivity contribution in [1.82, 2.24) is 0 Å². The van der Waals surface area contributed by atoms with E-state index in [1.54, 1.807) is 12.1 Å². The van der Waals surface area contributed by atoms with Crippen LogP contribution in [0.5, 0.6) is 5.75 Å². The maximum Gasteiger partial charge on any atom is 0.185 e. The lowest BCUT2D eigenvalue weighted by Gasteiger charge is -2.10. The summed E-state index contributed by atoms with van der Waals surface area (Å²) in [5, 5.41) is 10.7. The molecular formula is C13H10Cl2O3. The van der Waals surface area contributed by atoms with E-state index in [9.17, 15) is 9.90 Å². The van der Waals surface area contributed by atoms with Gasteiger partial charge in [-0.2, -0.15) is 0 Å². The van der Waals surface area contributed by atoms with Gasteiger partial charge in [-0.05, 0) is 30.2 Å². The molecule has 0 atom stereocenters. The number of benzene rings is 1. The van der Waals surface area contributed by atoms with Gasteiger partial charge in [0.15, 0.2) is 12.0 Å². The van der Waals surface area contributed by atoms with E-state index in [1.165, 1.54) is 6.07 Å². The first-order valence-electron chi connectivity index (χ1n) is 5.33. The van der Waals surface area contributed by atoms with E-state index in [-0.39, 0.29) is 16.5 Å². The van der Waals surface area contributed by atoms with Crippen molar-refractivity contribution in [3.05, 3.63) is 39.6 Å². The number of halogens is 2. The Morgan fingerprint density at radius 1 is 1.39 bits per heavy atom. The lowest BCUT2D eigenvalue weighted by Crippen LogP contribution is -1.88. The van der Waals surface area contributed by atoms with Gasteiger partial charge < -0.3 is 9.52 Å². The number of aromatic hydroxyl groups is 1. The van der Waals surface area contributed by atoms with E-state index >= 15 is 0 Å². The summed E-state index contributed by atoms with van der Waals surface area (Å²) in [7, 11) is 0. The van der Waals surface area contributed by atoms with Crippen molar-refractivity contribution in [2.24, 2.45) is 0 Å². The second-order valence-electron chi connectivity index (χ2n) is 3.72. The minimum atomic E-state index is -0.0929. The number of rotatable bonds is 3. The fourth-order valence-corrected chi connectivity index (χ4v) is 2.44. The van der Waals surface area contributed by atoms with Crippen molar-refractivity contribution in [2.75, 3.05) is 0 Å². The molecule has 5 heteroatoms. The molecule has 0 aliphatic heterocycles. The Hall–Kier alpha value is -1.45. The molecule has 3 nitrogen and oxygen atoms in total. The van der Waals surface area contributed by atoms with Crippen molar-refractivity contribution in [2.45, 2.75) is 13.3 Å². The van der Waals surface area contributed by atoms with Gasteiger partial charge in [-0.1, -0.05) is 30.1 Å². The van der Waals surface area contributed by atoms with Gasteiger partial charge in [0.25, 0.3) is 0 Å². The number of aldehydes is 1. The number of hydrogen-bond acceptors (Lipinski definition) is 3. The Kier molecular flexibility index (Phi) is 3.64. The summed E-state index contributed by atoms with van der Waals surface area (Å²) in [5.74, 6) is 0.432. The topological polar surface area (TPSA) is 50.4 Å². The lowest BCUT2D eigenvalue weighted by molar-refractivity contribution is 0.110. The molecule has 0 radical (unpaired) electrons. The summed E-state index contributed by atoms with van der Waals surface area (Å²) in [6.45, 7) is 1.89. The monoisotopic (exact) mass is 284 g/mol. The Balaban J connectivity index is 2.61. The Morgan fingerprint density at radius 2 is 2.11 bits per heavy atom. The SMILES string of the molecule is CCc1c(Cl)cc(-c2ccc(C=O)o2)c(O)c1Cl. The van der Waals surface area contributed by atoms with Crippen molar-refractivity contribution in [3.8, 4) is 17.1 Å². The van der Waals surface area contributed by atoms with Crippen molar-refractivity contribution in [1.29, 1.82) is 0 Å². The second-order valence-corrected chi connectivity index (χ2v) is 4.51. The number of carbonyl (C=O) groups is 1. The Labute approximate surface area is 114 Å². The number of phenolic OH excluding ortho intramolecular Hbond substituents is 1. The summed E-state index contributed by atoms with van der Waals surface area (Å²) >= 11 is 12.1. The van der Waals surface area contributed by atoms with Crippen LogP contribution < -0.4 is 0 Å². The van der Waals surface area contributed by atoms with Gasteiger partial charge in [0.05, 0.1) is 10.6 Å². The van der Waals surface area contributed by atoms with E-state index < -0.39 is 0 Å². The minimum absolute atomic E-state index is 0.0929. The molecular weight excluding hydrogens is 275 g/mol. The van der Waals surface area contributed by atoms with Crippen LogP contribution in [0.3, 0.4) is 0 Å². The molecule has 1 heterocycles. The first-order chi connectivity index (χ1) is 8.58. The van der Waals surface area contributed by atoms with Crippen molar-refractivity contribution in [3.63, 3.8) is 0 Å². The first kappa shape index (κ1) is 13.0. The van der Waals surface area contributed by atoms with Crippen LogP contribution in [0.15, 0.2) is 22.6 Å². The predicted octanol–water partition coefficient (Wildman–Crippen LogP) is 4.33. The van der Waals surface area contributed by atoms with E-state index in [1.807, 2.05) is 6.92 Å². The highest BCUT2D eigenvalue weighted by Crippen LogP contribution is 2.41. The van der Waals surface area contributed by atoms with Crippen molar-refractivity contribution >= 4 is 29.5 Å². The summed E-state index contributed by atoms with van der Waals surface area (Å²) in [4.78, 5) is 10.6. The number of carbonyl (C=O) groups excluding carboxylic acids is 1. The number of hydrogen-bond donors (Lipinski definition) is 1. The van der Waals surface area contributed by atoms with Gasteiger partial charge in [-0.15, -0.1) is 0 Å². The smallest absolute Gasteiger partial charge is 0.185 e. The van der Waals surface area contributed by atoms with Gasteiger partial charge in [-0.3, -0.25) is 4.79 Å². The van der Waals surface area contributed by atoms with Crippen LogP contribution in [0.2, 0.25) is 10.0 Å². The molecule has 0 fully saturated rings. The molecule has 2 rings (SSSR count). The molecule has 94 valence electrons. The summed E-state index contributed by atoms with van der Waals surface area (Å²) in [5.41, 5.74) is 1.05. The highest BCUT2D eigenvalue weighted by atomic mass is 35.5. The van der Waals surface area contributed by atoms with E-state index in [4.69, 9.17) is 27.6 Å². The minimum Gasteiger partial charge on any atom is -0.506 e. The van der Waals surface area contributed by atoms with Crippen LogP contribution in [0.4, 0.5) is 0 Å². The lowest BCUT2D eigenvalue weighted by atomic mass is 10.1.